The van der Waals surface area contributed by atoms with Crippen LogP contribution in [0, 0.1) is 10.1 Å². The summed E-state index contributed by atoms with van der Waals surface area (Å²) in [5.74, 6) is -1.04. The lowest BCUT2D eigenvalue weighted by Crippen LogP contribution is -2.52. The number of likely N-dealkylation sites (tertiary alicyclic amines) is 1. The first-order chi connectivity index (χ1) is 8.52. The van der Waals surface area contributed by atoms with Crippen LogP contribution < -0.4 is 0 Å². The van der Waals surface area contributed by atoms with Crippen molar-refractivity contribution in [2.75, 3.05) is 27.2 Å². The summed E-state index contributed by atoms with van der Waals surface area (Å²) in [6.07, 6.45) is 1.44. The van der Waals surface area contributed by atoms with Crippen LogP contribution in [-0.2, 0) is 9.53 Å². The van der Waals surface area contributed by atoms with E-state index in [0.717, 1.165) is 7.11 Å². The topological polar surface area (TPSA) is 85.8 Å². The van der Waals surface area contributed by atoms with E-state index in [0.29, 0.717) is 12.3 Å². The lowest BCUT2D eigenvalue weighted by atomic mass is 9.86. The summed E-state index contributed by atoms with van der Waals surface area (Å²) in [7, 11) is 2.88. The van der Waals surface area contributed by atoms with Crippen molar-refractivity contribution in [2.24, 2.45) is 0 Å². The van der Waals surface area contributed by atoms with Crippen molar-refractivity contribution < 1.29 is 18.9 Å². The Kier molecular flexibility index (Phi) is 3.08. The Labute approximate surface area is 103 Å². The van der Waals surface area contributed by atoms with Crippen LogP contribution in [0.25, 0.3) is 0 Å². The predicted molar refractivity (Wildman–Crippen MR) is 60.7 cm³/mol. The number of carbonyl (C=O) groups is 1. The first kappa shape index (κ1) is 12.6. The second-order valence-corrected chi connectivity index (χ2v) is 4.44. The van der Waals surface area contributed by atoms with E-state index in [1.807, 2.05) is 0 Å². The maximum Gasteiger partial charge on any atom is 0.386 e. The third-order valence-corrected chi connectivity index (χ3v) is 3.33. The number of hydrogen-bond donors (Lipinski definition) is 0. The van der Waals surface area contributed by atoms with Gasteiger partial charge in [0.15, 0.2) is 0 Å². The van der Waals surface area contributed by atoms with Gasteiger partial charge in [-0.3, -0.25) is 15.0 Å². The van der Waals surface area contributed by atoms with Gasteiger partial charge in [-0.15, -0.1) is 0 Å². The molecule has 0 amide bonds. The number of nitrogens with zero attached hydrogens (tertiary/aromatic N) is 2. The van der Waals surface area contributed by atoms with Gasteiger partial charge >= 0.3 is 11.5 Å². The number of esters is 1. The van der Waals surface area contributed by atoms with Crippen LogP contribution >= 0.6 is 0 Å². The molecule has 2 heterocycles. The molecule has 0 spiro atoms. The Morgan fingerprint density at radius 1 is 1.72 bits per heavy atom. The first-order valence-electron chi connectivity index (χ1n) is 5.47. The van der Waals surface area contributed by atoms with Gasteiger partial charge in [-0.05, 0) is 19.2 Å². The monoisotopic (exact) mass is 254 g/mol. The van der Waals surface area contributed by atoms with Crippen LogP contribution in [0.3, 0.4) is 0 Å². The molecule has 0 bridgehead atoms. The third-order valence-electron chi connectivity index (χ3n) is 3.33. The number of likely N-dealkylation sites (N-methyl/N-ethyl adjacent to an activating group) is 1. The Bertz CT molecular complexity index is 458. The highest BCUT2D eigenvalue weighted by molar-refractivity contribution is 5.81. The Balaban J connectivity index is 2.48. The normalized spacial score (nSPS) is 28.2. The average molecular weight is 254 g/mol. The molecule has 7 heteroatoms. The van der Waals surface area contributed by atoms with Crippen molar-refractivity contribution in [3.8, 4) is 0 Å². The number of rotatable bonds is 3. The quantitative estimate of drug-likeness (QED) is 0.443. The van der Waals surface area contributed by atoms with E-state index in [1.165, 1.54) is 6.26 Å². The summed E-state index contributed by atoms with van der Waals surface area (Å²) in [4.78, 5) is 24.5. The van der Waals surface area contributed by atoms with E-state index in [1.54, 1.807) is 24.1 Å². The predicted octanol–water partition coefficient (Wildman–Crippen LogP) is 0.497. The molecule has 1 aromatic rings. The average Bonchev–Trinajstić information content (AvgIpc) is 2.94. The lowest BCUT2D eigenvalue weighted by Gasteiger charge is -2.21. The van der Waals surface area contributed by atoms with E-state index in [2.05, 4.69) is 4.74 Å². The SMILES string of the molecule is COC(=O)[C@]1([N+](=O)[O-])CN(C)C[C@@H]1c1ccco1. The minimum Gasteiger partial charge on any atom is -0.469 e. The molecule has 2 atom stereocenters. The summed E-state index contributed by atoms with van der Waals surface area (Å²) in [5.41, 5.74) is -1.79. The Morgan fingerprint density at radius 2 is 2.44 bits per heavy atom. The summed E-state index contributed by atoms with van der Waals surface area (Å²) in [5, 5.41) is 11.4. The molecular formula is C11H14N2O5. The fourth-order valence-electron chi connectivity index (χ4n) is 2.51. The second kappa shape index (κ2) is 4.41. The molecule has 0 unspecified atom stereocenters. The van der Waals surface area contributed by atoms with Gasteiger partial charge < -0.3 is 9.15 Å². The largest absolute Gasteiger partial charge is 0.469 e. The number of furan rings is 1. The summed E-state index contributed by atoms with van der Waals surface area (Å²) in [6.45, 7) is 0.391. The van der Waals surface area contributed by atoms with Crippen molar-refractivity contribution in [1.29, 1.82) is 0 Å². The minimum atomic E-state index is -1.79. The molecule has 18 heavy (non-hydrogen) atoms. The summed E-state index contributed by atoms with van der Waals surface area (Å²) < 4.78 is 9.85. The Hall–Kier alpha value is -1.89. The summed E-state index contributed by atoms with van der Waals surface area (Å²) >= 11 is 0. The van der Waals surface area contributed by atoms with Crippen LogP contribution in [0.4, 0.5) is 0 Å². The fourth-order valence-corrected chi connectivity index (χ4v) is 2.51. The molecule has 1 fully saturated rings. The van der Waals surface area contributed by atoms with Gasteiger partial charge in [0, 0.05) is 11.5 Å². The molecule has 7 nitrogen and oxygen atoms in total. The molecule has 0 radical (unpaired) electrons. The highest BCUT2D eigenvalue weighted by Crippen LogP contribution is 2.38. The van der Waals surface area contributed by atoms with Crippen LogP contribution in [0.15, 0.2) is 22.8 Å². The molecule has 1 aliphatic rings. The molecule has 1 saturated heterocycles. The maximum atomic E-state index is 11.9. The zero-order valence-corrected chi connectivity index (χ0v) is 10.2. The number of carbonyl (C=O) groups excluding carboxylic acids is 1. The molecule has 98 valence electrons. The van der Waals surface area contributed by atoms with E-state index in [4.69, 9.17) is 4.42 Å². The number of methoxy groups -OCH3 is 1. The van der Waals surface area contributed by atoms with Crippen LogP contribution in [0.5, 0.6) is 0 Å². The molecule has 0 aromatic carbocycles. The zero-order valence-electron chi connectivity index (χ0n) is 10.2. The van der Waals surface area contributed by atoms with Gasteiger partial charge in [0.25, 0.3) is 0 Å². The third kappa shape index (κ3) is 1.67. The van der Waals surface area contributed by atoms with Gasteiger partial charge in [0.05, 0.1) is 19.9 Å². The van der Waals surface area contributed by atoms with Crippen molar-refractivity contribution in [2.45, 2.75) is 11.5 Å². The van der Waals surface area contributed by atoms with E-state index >= 15 is 0 Å². The van der Waals surface area contributed by atoms with Gasteiger partial charge in [0.1, 0.15) is 11.7 Å². The van der Waals surface area contributed by atoms with Gasteiger partial charge in [-0.25, -0.2) is 4.79 Å². The van der Waals surface area contributed by atoms with Gasteiger partial charge in [0.2, 0.25) is 0 Å². The molecule has 0 N–H and O–H groups in total. The molecule has 1 aliphatic heterocycles. The molecule has 1 aromatic heterocycles. The summed E-state index contributed by atoms with van der Waals surface area (Å²) in [6, 6.07) is 3.29. The minimum absolute atomic E-state index is 0.0119. The van der Waals surface area contributed by atoms with E-state index < -0.39 is 22.3 Å². The van der Waals surface area contributed by atoms with E-state index in [-0.39, 0.29) is 6.54 Å². The van der Waals surface area contributed by atoms with Crippen molar-refractivity contribution >= 4 is 5.97 Å². The number of ether oxygens (including phenoxy) is 1. The standard InChI is InChI=1S/C11H14N2O5/c1-12-6-8(9-4-3-5-18-9)11(7-12,13(15)16)10(14)17-2/h3-5,8H,6-7H2,1-2H3/t8-,11+/m1/s1. The first-order valence-corrected chi connectivity index (χ1v) is 5.47. The highest BCUT2D eigenvalue weighted by atomic mass is 16.6. The molecule has 0 saturated carbocycles. The smallest absolute Gasteiger partial charge is 0.386 e. The Morgan fingerprint density at radius 3 is 2.94 bits per heavy atom. The fraction of sp³-hybridized carbons (Fsp3) is 0.545. The lowest BCUT2D eigenvalue weighted by molar-refractivity contribution is -0.554. The number of nitro groups is 1. The van der Waals surface area contributed by atoms with E-state index in [9.17, 15) is 14.9 Å². The van der Waals surface area contributed by atoms with Gasteiger partial charge in [-0.1, -0.05) is 0 Å². The second-order valence-electron chi connectivity index (χ2n) is 4.44. The van der Waals surface area contributed by atoms with Crippen LogP contribution in [0.2, 0.25) is 0 Å². The zero-order chi connectivity index (χ0) is 13.3. The molecule has 0 aliphatic carbocycles. The van der Waals surface area contributed by atoms with Crippen molar-refractivity contribution in [1.82, 2.24) is 4.90 Å². The van der Waals surface area contributed by atoms with Crippen LogP contribution in [-0.4, -0.2) is 48.6 Å². The van der Waals surface area contributed by atoms with Crippen LogP contribution in [0.1, 0.15) is 11.7 Å². The van der Waals surface area contributed by atoms with Crippen molar-refractivity contribution in [3.05, 3.63) is 34.3 Å². The molecular weight excluding hydrogens is 240 g/mol. The van der Waals surface area contributed by atoms with Crippen molar-refractivity contribution in [3.63, 3.8) is 0 Å². The maximum absolute atomic E-state index is 11.9. The molecule has 2 rings (SSSR count). The number of hydrogen-bond acceptors (Lipinski definition) is 6. The van der Waals surface area contributed by atoms with Gasteiger partial charge in [-0.2, -0.15) is 0 Å². The highest BCUT2D eigenvalue weighted by Gasteiger charge is 2.64.